The minimum Gasteiger partial charge on any atom is -0.444 e. The topological polar surface area (TPSA) is 163 Å². The van der Waals surface area contributed by atoms with E-state index in [1.807, 2.05) is 129 Å². The first-order valence-electron chi connectivity index (χ1n) is 26.4. The van der Waals surface area contributed by atoms with Gasteiger partial charge in [-0.2, -0.15) is 0 Å². The van der Waals surface area contributed by atoms with E-state index in [-0.39, 0.29) is 66.6 Å². The van der Waals surface area contributed by atoms with Crippen molar-refractivity contribution in [3.05, 3.63) is 65.1 Å². The summed E-state index contributed by atoms with van der Waals surface area (Å²) in [7, 11) is 8.47. The van der Waals surface area contributed by atoms with Crippen LogP contribution in [0.4, 0.5) is 4.79 Å². The fourth-order valence-corrected chi connectivity index (χ4v) is 9.46. The molecular formula is C56H99N7O8S. The van der Waals surface area contributed by atoms with Gasteiger partial charge in [0.2, 0.25) is 23.6 Å². The molecule has 0 saturated carbocycles. The molecule has 3 rings (SSSR count). The number of ether oxygens (including phenoxy) is 3. The van der Waals surface area contributed by atoms with E-state index in [0.29, 0.717) is 32.5 Å². The summed E-state index contributed by atoms with van der Waals surface area (Å²) < 4.78 is 17.5. The summed E-state index contributed by atoms with van der Waals surface area (Å²) in [4.78, 5) is 79.6. The number of hydrogen-bond donors (Lipinski definition) is 2. The van der Waals surface area contributed by atoms with Crippen molar-refractivity contribution in [2.45, 2.75) is 183 Å². The van der Waals surface area contributed by atoms with Gasteiger partial charge in [0.1, 0.15) is 10.6 Å². The molecule has 1 aromatic carbocycles. The average Bonchev–Trinajstić information content (AvgIpc) is 4.07. The number of carbonyl (C=O) groups excluding carboxylic acids is 5. The molecule has 0 bridgehead atoms. The van der Waals surface area contributed by atoms with Crippen LogP contribution in [0.3, 0.4) is 0 Å². The maximum atomic E-state index is 14.3. The molecular weight excluding hydrogens is 931 g/mol. The number of likely N-dealkylation sites (N-methyl/N-ethyl adjacent to an activating group) is 2. The summed E-state index contributed by atoms with van der Waals surface area (Å²) in [6, 6.07) is 8.42. The van der Waals surface area contributed by atoms with Crippen LogP contribution in [0.1, 0.15) is 152 Å². The van der Waals surface area contributed by atoms with Crippen LogP contribution in [0.25, 0.3) is 0 Å². The van der Waals surface area contributed by atoms with Gasteiger partial charge >= 0.3 is 6.09 Å². The second kappa shape index (κ2) is 36.5. The van der Waals surface area contributed by atoms with Crippen LogP contribution >= 0.6 is 11.3 Å². The van der Waals surface area contributed by atoms with Gasteiger partial charge in [0.25, 0.3) is 0 Å². The van der Waals surface area contributed by atoms with Gasteiger partial charge in [-0.1, -0.05) is 112 Å². The highest BCUT2D eigenvalue weighted by Crippen LogP contribution is 2.30. The van der Waals surface area contributed by atoms with Crippen LogP contribution in [0, 0.1) is 17.8 Å². The molecule has 2 heterocycles. The number of nitrogens with zero attached hydrogens (tertiary/aromatic N) is 5. The van der Waals surface area contributed by atoms with Crippen LogP contribution in [0.15, 0.2) is 54.6 Å². The summed E-state index contributed by atoms with van der Waals surface area (Å²) in [6.07, 6.45) is 7.49. The molecule has 1 fully saturated rings. The van der Waals surface area contributed by atoms with Gasteiger partial charge in [-0.3, -0.25) is 24.1 Å². The largest absolute Gasteiger partial charge is 0.444 e. The molecule has 0 spiro atoms. The fourth-order valence-electron chi connectivity index (χ4n) is 8.77. The molecule has 412 valence electrons. The third kappa shape index (κ3) is 23.7. The Hall–Kier alpha value is -4.38. The van der Waals surface area contributed by atoms with E-state index in [1.165, 1.54) is 17.8 Å². The molecule has 1 aliphatic rings. The van der Waals surface area contributed by atoms with Crippen LogP contribution in [-0.2, 0) is 39.8 Å². The second-order valence-corrected chi connectivity index (χ2v) is 20.8. The van der Waals surface area contributed by atoms with Crippen LogP contribution in [0.5, 0.6) is 0 Å². The lowest BCUT2D eigenvalue weighted by molar-refractivity contribution is -0.146. The van der Waals surface area contributed by atoms with Gasteiger partial charge in [0, 0.05) is 53.0 Å². The van der Waals surface area contributed by atoms with E-state index >= 15 is 0 Å². The van der Waals surface area contributed by atoms with Crippen molar-refractivity contribution in [2.75, 3.05) is 61.5 Å². The lowest BCUT2D eigenvalue weighted by Crippen LogP contribution is -2.55. The van der Waals surface area contributed by atoms with Crippen molar-refractivity contribution in [3.8, 4) is 0 Å². The normalized spacial score (nSPS) is 16.1. The number of allylic oxidation sites excluding steroid dienone is 1. The first kappa shape index (κ1) is 67.6. The highest BCUT2D eigenvalue weighted by Gasteiger charge is 2.42. The predicted octanol–water partition coefficient (Wildman–Crippen LogP) is 9.82. The van der Waals surface area contributed by atoms with E-state index in [1.54, 1.807) is 50.4 Å². The van der Waals surface area contributed by atoms with Crippen molar-refractivity contribution in [1.29, 1.82) is 0 Å². The number of methoxy groups -OCH3 is 2. The molecule has 2 aromatic rings. The monoisotopic (exact) mass is 1030 g/mol. The average molecular weight is 1030 g/mol. The summed E-state index contributed by atoms with van der Waals surface area (Å²) in [5.41, 5.74) is 0.520. The maximum Gasteiger partial charge on any atom is 0.410 e. The Balaban J connectivity index is 0.00000591. The predicted molar refractivity (Wildman–Crippen MR) is 295 cm³/mol. The van der Waals surface area contributed by atoms with Gasteiger partial charge < -0.3 is 39.5 Å². The number of hydrogen-bond acceptors (Lipinski definition) is 11. The third-order valence-electron chi connectivity index (χ3n) is 12.4. The fraction of sp³-hybridized carbons (Fsp3) is 0.714. The van der Waals surface area contributed by atoms with E-state index < -0.39 is 35.8 Å². The zero-order chi connectivity index (χ0) is 55.1. The van der Waals surface area contributed by atoms with Crippen molar-refractivity contribution in [3.63, 3.8) is 0 Å². The molecule has 8 atom stereocenters. The molecule has 1 aliphatic heterocycles. The lowest BCUT2D eigenvalue weighted by atomic mass is 9.90. The van der Waals surface area contributed by atoms with Crippen molar-refractivity contribution in [1.82, 2.24) is 35.2 Å². The number of amides is 5. The molecule has 0 aliphatic carbocycles. The number of likely N-dealkylation sites (tertiary alicyclic amines) is 1. The van der Waals surface area contributed by atoms with E-state index in [9.17, 15) is 24.0 Å². The summed E-state index contributed by atoms with van der Waals surface area (Å²) in [6.45, 7) is 30.4. The molecule has 1 aromatic heterocycles. The summed E-state index contributed by atoms with van der Waals surface area (Å²) in [5, 5.41) is 8.85. The summed E-state index contributed by atoms with van der Waals surface area (Å²) in [5.74, 6) is -1.46. The smallest absolute Gasteiger partial charge is 0.410 e. The Kier molecular flexibility index (Phi) is 34.3. The van der Waals surface area contributed by atoms with Crippen LogP contribution in [-0.4, -0.2) is 152 Å². The Bertz CT molecular complexity index is 1810. The Labute approximate surface area is 440 Å². The zero-order valence-corrected chi connectivity index (χ0v) is 48.7. The van der Waals surface area contributed by atoms with Gasteiger partial charge in [0.05, 0.1) is 55.3 Å². The minimum absolute atomic E-state index is 0.0245. The Morgan fingerprint density at radius 1 is 0.944 bits per heavy atom. The summed E-state index contributed by atoms with van der Waals surface area (Å²) >= 11 is 1.50. The lowest BCUT2D eigenvalue weighted by Gasteiger charge is -2.39. The van der Waals surface area contributed by atoms with Crippen molar-refractivity contribution in [2.24, 2.45) is 17.8 Å². The van der Waals surface area contributed by atoms with Gasteiger partial charge in [-0.25, -0.2) is 9.78 Å². The first-order chi connectivity index (χ1) is 34.1. The van der Waals surface area contributed by atoms with Crippen LogP contribution in [0.2, 0.25) is 0 Å². The van der Waals surface area contributed by atoms with Crippen LogP contribution < -0.4 is 10.6 Å². The number of nitrogens with one attached hydrogen (secondary N) is 2. The number of unbranched alkanes of at least 4 members (excludes halogenated alkanes) is 1. The highest BCUT2D eigenvalue weighted by atomic mass is 32.1. The molecule has 5 amide bonds. The minimum atomic E-state index is -0.629. The first-order valence-corrected chi connectivity index (χ1v) is 27.3. The highest BCUT2D eigenvalue weighted by molar-refractivity contribution is 7.09. The number of benzene rings is 1. The number of aromatic nitrogens is 1. The molecule has 15 nitrogen and oxygen atoms in total. The molecule has 1 saturated heterocycles. The van der Waals surface area contributed by atoms with Crippen molar-refractivity contribution < 1.29 is 38.2 Å². The zero-order valence-electron chi connectivity index (χ0n) is 47.9. The van der Waals surface area contributed by atoms with E-state index in [4.69, 9.17) is 14.2 Å². The quantitative estimate of drug-likeness (QED) is 0.0723. The van der Waals surface area contributed by atoms with Gasteiger partial charge in [-0.05, 0) is 90.8 Å². The second-order valence-electron chi connectivity index (χ2n) is 19.9. The standard InChI is InChI=1S/C48H79N7O8S.C3H8.C3H6.C2H6/c1-14-33(4)42(54(11)40(57)31-50-45(59)41(32(2)3)52(9)25-18-19-26-53(10)47(60)63-48(6,7)8)38(61-12)30-39(56)55-27-20-23-37(55)43(62-13)34(5)44(58)51-36(46-49-24-28-64-46)29-35-21-16-15-17-22-35;2*1-3-2;1-2/h15-17,21-22,24,28,32-34,36-38,41-43H,14,18-20,23,25-27,29-31H2,1-13H3,(H,50,59)(H,51,58);3H2,1-2H3;3H,1H2,2H3;1-2H3. The molecule has 72 heavy (non-hydrogen) atoms. The number of rotatable bonds is 25. The molecule has 8 unspecified atom stereocenters. The number of carbonyl (C=O) groups is 5. The Morgan fingerprint density at radius 2 is 1.54 bits per heavy atom. The molecule has 16 heteroatoms. The van der Waals surface area contributed by atoms with E-state index in [2.05, 4.69) is 36.0 Å². The van der Waals surface area contributed by atoms with Gasteiger partial charge in [-0.15, -0.1) is 17.9 Å². The SMILES string of the molecule is C=CC.CC.CCC.CCC(C)C(C(CC(=O)N1CCCC1C(OC)C(C)C(=O)NC(Cc1ccccc1)c1nccs1)OC)N(C)C(=O)CNC(=O)C(C(C)C)N(C)CCCCN(C)C(=O)OC(C)(C)C. The molecule has 0 radical (unpaired) electrons. The van der Waals surface area contributed by atoms with Crippen molar-refractivity contribution >= 4 is 41.1 Å². The number of thiazole rings is 1. The Morgan fingerprint density at radius 3 is 2.06 bits per heavy atom. The molecule has 2 N–H and O–H groups in total. The van der Waals surface area contributed by atoms with E-state index in [0.717, 1.165) is 36.3 Å². The van der Waals surface area contributed by atoms with Gasteiger partial charge in [0.15, 0.2) is 0 Å². The third-order valence-corrected chi connectivity index (χ3v) is 13.3. The maximum absolute atomic E-state index is 14.3.